The minimum atomic E-state index is -0.529. The Morgan fingerprint density at radius 2 is 1.61 bits per heavy atom. The van der Waals surface area contributed by atoms with Gasteiger partial charge in [-0.25, -0.2) is 9.97 Å². The second kappa shape index (κ2) is 13.3. The highest BCUT2D eigenvalue weighted by Gasteiger charge is 2.25. The van der Waals surface area contributed by atoms with Gasteiger partial charge in [0.25, 0.3) is 5.91 Å². The van der Waals surface area contributed by atoms with Gasteiger partial charge in [0, 0.05) is 41.8 Å². The second-order valence-corrected chi connectivity index (χ2v) is 10.1. The quantitative estimate of drug-likeness (QED) is 0.277. The smallest absolute Gasteiger partial charge is 0.253 e. The first kappa shape index (κ1) is 29.6. The molecule has 0 unspecified atom stereocenters. The molecule has 3 heterocycles. The van der Waals surface area contributed by atoms with Crippen LogP contribution >= 0.6 is 0 Å². The Bertz CT molecular complexity index is 1460. The summed E-state index contributed by atoms with van der Waals surface area (Å²) in [4.78, 5) is 23.1. The number of carbonyl (C=O) groups excluding carboxylic acids is 1. The first-order valence-corrected chi connectivity index (χ1v) is 14.1. The molecule has 9 heteroatoms. The maximum absolute atomic E-state index is 12.4. The van der Waals surface area contributed by atoms with E-state index in [1.54, 1.807) is 12.4 Å². The number of aromatic nitrogens is 3. The lowest BCUT2D eigenvalue weighted by molar-refractivity contribution is 0.100. The number of carbonyl (C=O) groups is 1. The zero-order valence-corrected chi connectivity index (χ0v) is 24.6. The van der Waals surface area contributed by atoms with Crippen LogP contribution in [0.15, 0.2) is 61.1 Å². The van der Waals surface area contributed by atoms with Gasteiger partial charge in [-0.2, -0.15) is 0 Å². The van der Waals surface area contributed by atoms with E-state index in [4.69, 9.17) is 20.9 Å². The molecular formula is C32H40N6O3. The van der Waals surface area contributed by atoms with Crippen LogP contribution < -0.4 is 20.9 Å². The highest BCUT2D eigenvalue weighted by Crippen LogP contribution is 2.36. The number of rotatable bonds is 8. The van der Waals surface area contributed by atoms with Crippen molar-refractivity contribution < 1.29 is 14.3 Å². The van der Waals surface area contributed by atoms with Crippen LogP contribution in [0.3, 0.4) is 0 Å². The molecule has 4 N–H and O–H groups in total. The summed E-state index contributed by atoms with van der Waals surface area (Å²) in [7, 11) is 2.12. The molecule has 5 rings (SSSR count). The van der Waals surface area contributed by atoms with Crippen molar-refractivity contribution >= 4 is 11.7 Å². The van der Waals surface area contributed by atoms with Gasteiger partial charge < -0.3 is 30.4 Å². The van der Waals surface area contributed by atoms with E-state index < -0.39 is 5.91 Å². The van der Waals surface area contributed by atoms with Gasteiger partial charge >= 0.3 is 0 Å². The van der Waals surface area contributed by atoms with Gasteiger partial charge in [-0.3, -0.25) is 4.79 Å². The second-order valence-electron chi connectivity index (χ2n) is 10.1. The van der Waals surface area contributed by atoms with Gasteiger partial charge in [0.2, 0.25) is 0 Å². The Morgan fingerprint density at radius 1 is 0.976 bits per heavy atom. The molecule has 1 amide bonds. The first-order chi connectivity index (χ1) is 19.8. The molecule has 1 fully saturated rings. The van der Waals surface area contributed by atoms with E-state index in [1.165, 1.54) is 0 Å². The zero-order chi connectivity index (χ0) is 29.5. The molecular weight excluding hydrogens is 516 g/mol. The third-order valence-electron chi connectivity index (χ3n) is 7.07. The minimum Gasteiger partial charge on any atom is -0.489 e. The maximum Gasteiger partial charge on any atom is 0.253 e. The van der Waals surface area contributed by atoms with Gasteiger partial charge in [0.05, 0.1) is 5.56 Å². The molecule has 2 aromatic carbocycles. The zero-order valence-electron chi connectivity index (χ0n) is 24.6. The van der Waals surface area contributed by atoms with Gasteiger partial charge in [-0.05, 0) is 82.2 Å². The maximum atomic E-state index is 12.4. The number of nitrogens with zero attached hydrogens (tertiary/aromatic N) is 4. The van der Waals surface area contributed by atoms with Crippen molar-refractivity contribution in [3.8, 4) is 28.4 Å². The number of amides is 1. The molecule has 4 aromatic rings. The van der Waals surface area contributed by atoms with Crippen molar-refractivity contribution in [1.82, 2.24) is 19.4 Å². The molecule has 9 nitrogen and oxygen atoms in total. The molecule has 0 atom stereocenters. The number of nitrogen functional groups attached to an aromatic ring is 1. The summed E-state index contributed by atoms with van der Waals surface area (Å²) < 4.78 is 14.1. The SMILES string of the molecule is CC.Cc1cc(OCc2cnc(C)nc2)cc(Oc2ccc(-c3cn(C4CCN(C)CC4)c(N)c3C(N)=O)cc2)c1. The van der Waals surface area contributed by atoms with E-state index >= 15 is 0 Å². The summed E-state index contributed by atoms with van der Waals surface area (Å²) in [5.74, 6) is 2.63. The number of primary amides is 1. The summed E-state index contributed by atoms with van der Waals surface area (Å²) in [6.07, 6.45) is 7.43. The number of aryl methyl sites for hydroxylation is 2. The number of anilines is 1. The Balaban J connectivity index is 0.00000189. The van der Waals surface area contributed by atoms with Crippen molar-refractivity contribution in [3.63, 3.8) is 0 Å². The molecule has 1 aliphatic rings. The summed E-state index contributed by atoms with van der Waals surface area (Å²) in [6.45, 7) is 10.2. The molecule has 216 valence electrons. The molecule has 2 aromatic heterocycles. The van der Waals surface area contributed by atoms with Crippen LogP contribution in [0.4, 0.5) is 5.82 Å². The predicted molar refractivity (Wildman–Crippen MR) is 162 cm³/mol. The van der Waals surface area contributed by atoms with Gasteiger partial charge in [0.1, 0.15) is 35.5 Å². The Labute approximate surface area is 242 Å². The van der Waals surface area contributed by atoms with E-state index in [2.05, 4.69) is 21.9 Å². The molecule has 0 bridgehead atoms. The van der Waals surface area contributed by atoms with E-state index in [0.717, 1.165) is 54.0 Å². The Morgan fingerprint density at radius 3 is 2.24 bits per heavy atom. The van der Waals surface area contributed by atoms with Gasteiger partial charge in [0.15, 0.2) is 0 Å². The van der Waals surface area contributed by atoms with Crippen molar-refractivity contribution in [2.75, 3.05) is 25.9 Å². The largest absolute Gasteiger partial charge is 0.489 e. The fourth-order valence-electron chi connectivity index (χ4n) is 4.95. The average molecular weight is 557 g/mol. The fourth-order valence-corrected chi connectivity index (χ4v) is 4.95. The number of ether oxygens (including phenoxy) is 2. The number of piperidine rings is 1. The molecule has 41 heavy (non-hydrogen) atoms. The molecule has 1 saturated heterocycles. The van der Waals surface area contributed by atoms with Crippen molar-refractivity contribution in [3.05, 3.63) is 83.6 Å². The van der Waals surface area contributed by atoms with Crippen molar-refractivity contribution in [1.29, 1.82) is 0 Å². The van der Waals surface area contributed by atoms with E-state index in [0.29, 0.717) is 35.2 Å². The topological polar surface area (TPSA) is 122 Å². The number of benzene rings is 2. The third-order valence-corrected chi connectivity index (χ3v) is 7.07. The van der Waals surface area contributed by atoms with Crippen LogP contribution in [0, 0.1) is 13.8 Å². The van der Waals surface area contributed by atoms with Crippen LogP contribution in [-0.2, 0) is 6.61 Å². The normalized spacial score (nSPS) is 13.8. The summed E-state index contributed by atoms with van der Waals surface area (Å²) in [6, 6.07) is 13.6. The molecule has 0 spiro atoms. The number of nitrogens with two attached hydrogens (primary N) is 2. The van der Waals surface area contributed by atoms with Crippen LogP contribution in [0.5, 0.6) is 17.2 Å². The van der Waals surface area contributed by atoms with Crippen LogP contribution in [0.1, 0.15) is 60.0 Å². The number of likely N-dealkylation sites (tertiary alicyclic amines) is 1. The van der Waals surface area contributed by atoms with Crippen molar-refractivity contribution in [2.24, 2.45) is 5.73 Å². The predicted octanol–water partition coefficient (Wildman–Crippen LogP) is 5.91. The standard InChI is InChI=1S/C30H34N6O3.C2H6/c1-19-12-25(38-18-21-15-33-20(2)34-16-21)14-26(13-19)39-24-6-4-22(5-7-24)27-17-36(29(31)28(27)30(32)37)23-8-10-35(3)11-9-23;1-2/h4-7,12-17,23H,8-11,18,31H2,1-3H3,(H2,32,37);1-2H3. The highest BCUT2D eigenvalue weighted by molar-refractivity contribution is 6.04. The first-order valence-electron chi connectivity index (χ1n) is 14.1. The lowest BCUT2D eigenvalue weighted by atomic mass is 10.0. The highest BCUT2D eigenvalue weighted by atomic mass is 16.5. The van der Waals surface area contributed by atoms with E-state index in [1.807, 2.05) is 80.9 Å². The Hall–Kier alpha value is -4.37. The fraction of sp³-hybridized carbons (Fsp3) is 0.344. The van der Waals surface area contributed by atoms with Crippen molar-refractivity contribution in [2.45, 2.75) is 53.2 Å². The van der Waals surface area contributed by atoms with Crippen LogP contribution in [-0.4, -0.2) is 45.5 Å². The molecule has 1 aliphatic heterocycles. The average Bonchev–Trinajstić information content (AvgIpc) is 3.31. The lowest BCUT2D eigenvalue weighted by Gasteiger charge is -2.30. The summed E-state index contributed by atoms with van der Waals surface area (Å²) in [5.41, 5.74) is 16.1. The molecule has 0 aliphatic carbocycles. The van der Waals surface area contributed by atoms with Gasteiger partial charge in [-0.1, -0.05) is 26.0 Å². The molecule has 0 saturated carbocycles. The molecule has 0 radical (unpaired) electrons. The third kappa shape index (κ3) is 7.24. The summed E-state index contributed by atoms with van der Waals surface area (Å²) >= 11 is 0. The van der Waals surface area contributed by atoms with Gasteiger partial charge in [-0.15, -0.1) is 0 Å². The monoisotopic (exact) mass is 556 g/mol. The number of hydrogen-bond donors (Lipinski definition) is 2. The van der Waals surface area contributed by atoms with Crippen LogP contribution in [0.25, 0.3) is 11.1 Å². The lowest BCUT2D eigenvalue weighted by Crippen LogP contribution is -2.31. The number of hydrogen-bond acceptors (Lipinski definition) is 7. The van der Waals surface area contributed by atoms with E-state index in [9.17, 15) is 4.79 Å². The Kier molecular flexibility index (Phi) is 9.62. The summed E-state index contributed by atoms with van der Waals surface area (Å²) in [5, 5.41) is 0. The minimum absolute atomic E-state index is 0.243. The van der Waals surface area contributed by atoms with E-state index in [-0.39, 0.29) is 6.04 Å². The van der Waals surface area contributed by atoms with Crippen LogP contribution in [0.2, 0.25) is 0 Å².